The predicted molar refractivity (Wildman–Crippen MR) is 102 cm³/mol. The molecule has 1 fully saturated rings. The number of fused-ring (bicyclic) bond motifs is 1. The molecule has 1 N–H and O–H groups in total. The molecule has 0 bridgehead atoms. The van der Waals surface area contributed by atoms with Crippen molar-refractivity contribution in [3.8, 4) is 11.4 Å². The molecule has 25 heavy (non-hydrogen) atoms. The molecule has 0 spiro atoms. The average molecular weight is 333 g/mol. The van der Waals surface area contributed by atoms with Gasteiger partial charge in [0.25, 0.3) is 0 Å². The van der Waals surface area contributed by atoms with Gasteiger partial charge in [-0.25, -0.2) is 9.97 Å². The Hall–Kier alpha value is -2.53. The topological polar surface area (TPSA) is 53.9 Å². The van der Waals surface area contributed by atoms with Gasteiger partial charge in [0.2, 0.25) is 0 Å². The van der Waals surface area contributed by atoms with Crippen LogP contribution in [0.2, 0.25) is 0 Å². The molecular weight excluding hydrogens is 310 g/mol. The van der Waals surface area contributed by atoms with Gasteiger partial charge in [-0.05, 0) is 43.7 Å². The Balaban J connectivity index is 1.67. The third-order valence-electron chi connectivity index (χ3n) is 4.90. The molecule has 0 amide bonds. The van der Waals surface area contributed by atoms with E-state index in [4.69, 9.17) is 9.97 Å². The van der Waals surface area contributed by atoms with Crippen LogP contribution in [0.25, 0.3) is 22.3 Å². The molecule has 0 aliphatic carbocycles. The molecule has 0 unspecified atom stereocenters. The maximum absolute atomic E-state index is 4.83. The van der Waals surface area contributed by atoms with E-state index in [1.165, 1.54) is 0 Å². The maximum atomic E-state index is 4.83. The summed E-state index contributed by atoms with van der Waals surface area (Å²) in [6, 6.07) is 12.6. The van der Waals surface area contributed by atoms with Crippen molar-refractivity contribution in [2.75, 3.05) is 25.0 Å². The number of rotatable bonds is 4. The summed E-state index contributed by atoms with van der Waals surface area (Å²) in [5.74, 6) is 1.65. The third-order valence-corrected chi connectivity index (χ3v) is 4.90. The van der Waals surface area contributed by atoms with Gasteiger partial charge in [-0.1, -0.05) is 19.1 Å². The fourth-order valence-corrected chi connectivity index (χ4v) is 3.40. The first kappa shape index (κ1) is 16.0. The number of anilines is 1. The Kier molecular flexibility index (Phi) is 4.57. The normalized spacial score (nSPS) is 16.2. The maximum Gasteiger partial charge on any atom is 0.163 e. The van der Waals surface area contributed by atoms with Gasteiger partial charge in [0.05, 0.1) is 5.52 Å². The number of piperidine rings is 1. The fourth-order valence-electron chi connectivity index (χ4n) is 3.40. The second-order valence-corrected chi connectivity index (χ2v) is 6.51. The van der Waals surface area contributed by atoms with Crippen molar-refractivity contribution in [2.24, 2.45) is 0 Å². The molecule has 0 atom stereocenters. The number of pyridine rings is 1. The van der Waals surface area contributed by atoms with E-state index >= 15 is 0 Å². The van der Waals surface area contributed by atoms with E-state index < -0.39 is 0 Å². The number of likely N-dealkylation sites (tertiary alicyclic amines) is 1. The van der Waals surface area contributed by atoms with Crippen LogP contribution in [-0.4, -0.2) is 45.5 Å². The highest BCUT2D eigenvalue weighted by Crippen LogP contribution is 2.26. The van der Waals surface area contributed by atoms with Crippen molar-refractivity contribution in [3.63, 3.8) is 0 Å². The zero-order valence-corrected chi connectivity index (χ0v) is 14.5. The minimum absolute atomic E-state index is 0.461. The van der Waals surface area contributed by atoms with Crippen molar-refractivity contribution in [1.29, 1.82) is 0 Å². The quantitative estimate of drug-likeness (QED) is 0.791. The molecule has 128 valence electrons. The first-order valence-corrected chi connectivity index (χ1v) is 8.99. The lowest BCUT2D eigenvalue weighted by Crippen LogP contribution is -2.39. The Morgan fingerprint density at radius 1 is 1.08 bits per heavy atom. The molecule has 1 saturated heterocycles. The SMILES string of the molecule is CCN1CCC(Nc2nc(-c3cccnc3)nc3ccccc23)CC1. The summed E-state index contributed by atoms with van der Waals surface area (Å²) in [4.78, 5) is 16.2. The second-order valence-electron chi connectivity index (χ2n) is 6.51. The van der Waals surface area contributed by atoms with Crippen LogP contribution in [-0.2, 0) is 0 Å². The molecule has 4 rings (SSSR count). The first-order valence-electron chi connectivity index (χ1n) is 8.99. The molecule has 5 heteroatoms. The van der Waals surface area contributed by atoms with Crippen molar-refractivity contribution in [3.05, 3.63) is 48.8 Å². The fraction of sp³-hybridized carbons (Fsp3) is 0.350. The standard InChI is InChI=1S/C20H23N5/c1-2-25-12-9-16(10-13-25)22-20-17-7-3-4-8-18(17)23-19(24-20)15-6-5-11-21-14-15/h3-8,11,14,16H,2,9-10,12-13H2,1H3,(H,22,23,24). The minimum atomic E-state index is 0.461. The van der Waals surface area contributed by atoms with Gasteiger partial charge in [0.15, 0.2) is 5.82 Å². The molecule has 1 aliphatic rings. The van der Waals surface area contributed by atoms with Crippen molar-refractivity contribution < 1.29 is 0 Å². The van der Waals surface area contributed by atoms with Crippen LogP contribution in [0.15, 0.2) is 48.8 Å². The van der Waals surface area contributed by atoms with Gasteiger partial charge in [-0.15, -0.1) is 0 Å². The van der Waals surface area contributed by atoms with Crippen LogP contribution in [0, 0.1) is 0 Å². The molecule has 3 heterocycles. The summed E-state index contributed by atoms with van der Waals surface area (Å²) in [7, 11) is 0. The van der Waals surface area contributed by atoms with Gasteiger partial charge in [0.1, 0.15) is 5.82 Å². The van der Waals surface area contributed by atoms with Gasteiger partial charge < -0.3 is 10.2 Å². The van der Waals surface area contributed by atoms with Gasteiger partial charge >= 0.3 is 0 Å². The van der Waals surface area contributed by atoms with Crippen molar-refractivity contribution >= 4 is 16.7 Å². The summed E-state index contributed by atoms with van der Waals surface area (Å²) in [5, 5.41) is 4.76. The summed E-state index contributed by atoms with van der Waals surface area (Å²) in [5.41, 5.74) is 1.90. The van der Waals surface area contributed by atoms with Crippen LogP contribution < -0.4 is 5.32 Å². The number of hydrogen-bond acceptors (Lipinski definition) is 5. The Morgan fingerprint density at radius 2 is 1.92 bits per heavy atom. The summed E-state index contributed by atoms with van der Waals surface area (Å²) >= 11 is 0. The average Bonchev–Trinajstić information content (AvgIpc) is 2.69. The predicted octanol–water partition coefficient (Wildman–Crippen LogP) is 3.59. The molecule has 2 aromatic heterocycles. The van der Waals surface area contributed by atoms with E-state index in [0.717, 1.165) is 60.6 Å². The van der Waals surface area contributed by atoms with E-state index in [1.807, 2.05) is 36.5 Å². The van der Waals surface area contributed by atoms with Crippen LogP contribution in [0.1, 0.15) is 19.8 Å². The Labute approximate surface area is 148 Å². The smallest absolute Gasteiger partial charge is 0.163 e. The second kappa shape index (κ2) is 7.15. The zero-order valence-electron chi connectivity index (χ0n) is 14.5. The molecule has 1 aliphatic heterocycles. The van der Waals surface area contributed by atoms with Gasteiger partial charge in [0, 0.05) is 42.5 Å². The van der Waals surface area contributed by atoms with E-state index in [2.05, 4.69) is 28.2 Å². The number of hydrogen-bond donors (Lipinski definition) is 1. The molecule has 0 saturated carbocycles. The highest BCUT2D eigenvalue weighted by molar-refractivity contribution is 5.90. The first-order chi connectivity index (χ1) is 12.3. The molecule has 3 aromatic rings. The number of nitrogens with one attached hydrogen (secondary N) is 1. The van der Waals surface area contributed by atoms with E-state index in [9.17, 15) is 0 Å². The number of aromatic nitrogens is 3. The van der Waals surface area contributed by atoms with Crippen LogP contribution >= 0.6 is 0 Å². The van der Waals surface area contributed by atoms with Gasteiger partial charge in [-0.2, -0.15) is 0 Å². The summed E-state index contributed by atoms with van der Waals surface area (Å²) in [6.07, 6.45) is 5.88. The van der Waals surface area contributed by atoms with E-state index in [-0.39, 0.29) is 0 Å². The zero-order chi connectivity index (χ0) is 17.1. The lowest BCUT2D eigenvalue weighted by atomic mass is 10.0. The molecule has 5 nitrogen and oxygen atoms in total. The largest absolute Gasteiger partial charge is 0.367 e. The van der Waals surface area contributed by atoms with Crippen LogP contribution in [0.4, 0.5) is 5.82 Å². The summed E-state index contributed by atoms with van der Waals surface area (Å²) in [6.45, 7) is 5.65. The number of para-hydroxylation sites is 1. The van der Waals surface area contributed by atoms with Crippen molar-refractivity contribution in [1.82, 2.24) is 19.9 Å². The van der Waals surface area contributed by atoms with Crippen LogP contribution in [0.5, 0.6) is 0 Å². The lowest BCUT2D eigenvalue weighted by Gasteiger charge is -2.32. The van der Waals surface area contributed by atoms with Gasteiger partial charge in [-0.3, -0.25) is 4.98 Å². The van der Waals surface area contributed by atoms with Crippen LogP contribution in [0.3, 0.4) is 0 Å². The Morgan fingerprint density at radius 3 is 2.68 bits per heavy atom. The minimum Gasteiger partial charge on any atom is -0.367 e. The number of nitrogens with zero attached hydrogens (tertiary/aromatic N) is 4. The Bertz CT molecular complexity index is 841. The van der Waals surface area contributed by atoms with E-state index in [0.29, 0.717) is 6.04 Å². The molecular formula is C20H23N5. The lowest BCUT2D eigenvalue weighted by molar-refractivity contribution is 0.229. The molecule has 1 aromatic carbocycles. The summed E-state index contributed by atoms with van der Waals surface area (Å²) < 4.78 is 0. The van der Waals surface area contributed by atoms with Crippen molar-refractivity contribution in [2.45, 2.75) is 25.8 Å². The highest BCUT2D eigenvalue weighted by Gasteiger charge is 2.19. The molecule has 0 radical (unpaired) electrons. The highest BCUT2D eigenvalue weighted by atomic mass is 15.1. The monoisotopic (exact) mass is 333 g/mol. The van der Waals surface area contributed by atoms with E-state index in [1.54, 1.807) is 6.20 Å². The number of benzene rings is 1. The third kappa shape index (κ3) is 3.46.